The van der Waals surface area contributed by atoms with Crippen molar-refractivity contribution in [2.45, 2.75) is 49.5 Å². The molecule has 0 aromatic heterocycles. The third-order valence-corrected chi connectivity index (χ3v) is 8.59. The van der Waals surface area contributed by atoms with E-state index in [-0.39, 0.29) is 0 Å². The van der Waals surface area contributed by atoms with E-state index >= 15 is 0 Å². The van der Waals surface area contributed by atoms with Gasteiger partial charge in [-0.25, -0.2) is 12.8 Å². The van der Waals surface area contributed by atoms with Gasteiger partial charge < -0.3 is 10.3 Å². The van der Waals surface area contributed by atoms with Gasteiger partial charge in [0.25, 0.3) is 0 Å². The third kappa shape index (κ3) is 4.48. The van der Waals surface area contributed by atoms with E-state index in [2.05, 4.69) is 11.3 Å². The first-order valence-electron chi connectivity index (χ1n) is 6.63. The Hall–Kier alpha value is -0.0600. The van der Waals surface area contributed by atoms with Crippen molar-refractivity contribution in [1.82, 2.24) is 4.72 Å². The maximum absolute atomic E-state index is 14.1. The van der Waals surface area contributed by atoms with Crippen molar-refractivity contribution in [2.75, 3.05) is 5.75 Å². The number of nitrogens with one attached hydrogen (secondary N) is 1. The van der Waals surface area contributed by atoms with Gasteiger partial charge >= 0.3 is 0 Å². The van der Waals surface area contributed by atoms with Gasteiger partial charge in [-0.1, -0.05) is 0 Å². The van der Waals surface area contributed by atoms with Gasteiger partial charge in [0.2, 0.25) is 0 Å². The summed E-state index contributed by atoms with van der Waals surface area (Å²) in [5, 5.41) is 0.868. The molecule has 1 aliphatic heterocycles. The van der Waals surface area contributed by atoms with Crippen LogP contribution in [-0.4, -0.2) is 40.6 Å². The van der Waals surface area contributed by atoms with E-state index in [1.807, 2.05) is 0 Å². The van der Waals surface area contributed by atoms with Gasteiger partial charge in [0.05, 0.1) is 27.9 Å². The second-order valence-electron chi connectivity index (χ2n) is 6.18. The molecule has 1 rings (SSSR count). The van der Waals surface area contributed by atoms with Crippen LogP contribution in [0.1, 0.15) is 27.7 Å². The molecule has 0 bridgehead atoms. The lowest BCUT2D eigenvalue weighted by Crippen LogP contribution is -2.61. The fourth-order valence-electron chi connectivity index (χ4n) is 1.93. The largest absolute Gasteiger partial charge is 0.593 e. The normalized spacial score (nSPS) is 26.7. The monoisotopic (exact) mass is 370 g/mol. The minimum atomic E-state index is -3.74. The number of alkyl halides is 1. The van der Waals surface area contributed by atoms with Crippen LogP contribution in [0.4, 0.5) is 4.39 Å². The molecule has 0 aromatic rings. The molecule has 0 saturated carbocycles. The van der Waals surface area contributed by atoms with Crippen LogP contribution >= 0.6 is 11.8 Å². The molecule has 0 aliphatic carbocycles. The molecular weight excluding hydrogens is 347 g/mol. The predicted molar refractivity (Wildman–Crippen MR) is 92.0 cm³/mol. The van der Waals surface area contributed by atoms with E-state index in [0.29, 0.717) is 4.91 Å². The molecule has 0 radical (unpaired) electrons. The van der Waals surface area contributed by atoms with Crippen molar-refractivity contribution < 1.29 is 17.4 Å². The molecule has 3 unspecified atom stereocenters. The number of halogens is 1. The highest BCUT2D eigenvalue weighted by Crippen LogP contribution is 2.37. The van der Waals surface area contributed by atoms with Gasteiger partial charge in [-0.15, -0.1) is 16.5 Å². The lowest BCUT2D eigenvalue weighted by Gasteiger charge is -2.37. The van der Waals surface area contributed by atoms with Gasteiger partial charge in [0.15, 0.2) is 9.84 Å². The SMILES string of the molecule is C=C(C)[S+]([O-])N[C@@](C)(CS(=O)(=O)C(C)(C)N)C1SC=CC1F. The molecule has 22 heavy (non-hydrogen) atoms. The summed E-state index contributed by atoms with van der Waals surface area (Å²) in [7, 11) is -3.74. The lowest BCUT2D eigenvalue weighted by molar-refractivity contribution is 0.311. The predicted octanol–water partition coefficient (Wildman–Crippen LogP) is 1.61. The molecule has 0 aromatic carbocycles. The minimum absolute atomic E-state index is 0.335. The molecule has 0 amide bonds. The van der Waals surface area contributed by atoms with Gasteiger partial charge in [-0.05, 0) is 38.8 Å². The van der Waals surface area contributed by atoms with E-state index in [9.17, 15) is 17.4 Å². The number of hydrogen-bond acceptors (Lipinski definition) is 6. The quantitative estimate of drug-likeness (QED) is 0.661. The van der Waals surface area contributed by atoms with Crippen molar-refractivity contribution in [3.8, 4) is 0 Å². The van der Waals surface area contributed by atoms with E-state index in [4.69, 9.17) is 5.73 Å². The first-order valence-corrected chi connectivity index (χ1v) is 10.4. The van der Waals surface area contributed by atoms with Crippen molar-refractivity contribution in [1.29, 1.82) is 0 Å². The molecule has 0 spiro atoms. The van der Waals surface area contributed by atoms with E-state index in [1.165, 1.54) is 31.7 Å². The third-order valence-electron chi connectivity index (χ3n) is 3.34. The van der Waals surface area contributed by atoms with E-state index < -0.39 is 48.8 Å². The van der Waals surface area contributed by atoms with Gasteiger partial charge in [0, 0.05) is 6.92 Å². The van der Waals surface area contributed by atoms with Gasteiger partial charge in [-0.3, -0.25) is 0 Å². The van der Waals surface area contributed by atoms with Crippen molar-refractivity contribution in [3.05, 3.63) is 23.0 Å². The summed E-state index contributed by atoms with van der Waals surface area (Å²) in [4.78, 5) is -1.13. The van der Waals surface area contributed by atoms with Crippen LogP contribution in [0.5, 0.6) is 0 Å². The van der Waals surface area contributed by atoms with Crippen LogP contribution in [0.25, 0.3) is 0 Å². The average Bonchev–Trinajstić information content (AvgIpc) is 2.73. The summed E-state index contributed by atoms with van der Waals surface area (Å²) in [6.07, 6.45) is 0.0276. The van der Waals surface area contributed by atoms with Gasteiger partial charge in [0.1, 0.15) is 15.9 Å². The Labute approximate surface area is 139 Å². The summed E-state index contributed by atoms with van der Waals surface area (Å²) < 4.78 is 53.8. The number of sulfone groups is 1. The summed E-state index contributed by atoms with van der Waals surface area (Å²) in [5.74, 6) is -0.428. The molecule has 9 heteroatoms. The zero-order chi connectivity index (χ0) is 17.3. The first kappa shape index (κ1) is 20.0. The Morgan fingerprint density at radius 1 is 1.55 bits per heavy atom. The number of thioether (sulfide) groups is 1. The standard InChI is InChI=1S/C13H23FN2O3S3/c1-9(2)21(17)16-13(5,11-10(14)6-7-20-11)8-22(18,19)12(3,4)15/h6-7,10-11,16H,1,8,15H2,2-5H3/t10?,11?,13-,21?/m0/s1. The average molecular weight is 371 g/mol. The Morgan fingerprint density at radius 3 is 2.45 bits per heavy atom. The second-order valence-corrected chi connectivity index (χ2v) is 11.2. The number of rotatable bonds is 7. The van der Waals surface area contributed by atoms with Crippen LogP contribution in [0.2, 0.25) is 0 Å². The topological polar surface area (TPSA) is 95.2 Å². The molecule has 1 aliphatic rings. The van der Waals surface area contributed by atoms with E-state index in [1.54, 1.807) is 19.3 Å². The first-order chi connectivity index (χ1) is 9.80. The molecule has 1 heterocycles. The second kappa shape index (κ2) is 6.82. The van der Waals surface area contributed by atoms with Crippen molar-refractivity contribution >= 4 is 33.0 Å². The molecule has 4 atom stereocenters. The zero-order valence-corrected chi connectivity index (χ0v) is 15.6. The van der Waals surface area contributed by atoms with Gasteiger partial charge in [-0.2, -0.15) is 0 Å². The Morgan fingerprint density at radius 2 is 2.09 bits per heavy atom. The maximum Gasteiger partial charge on any atom is 0.170 e. The Balaban J connectivity index is 3.14. The van der Waals surface area contributed by atoms with Crippen molar-refractivity contribution in [2.24, 2.45) is 5.73 Å². The fraction of sp³-hybridized carbons (Fsp3) is 0.692. The molecule has 0 fully saturated rings. The highest BCUT2D eigenvalue weighted by Gasteiger charge is 2.49. The Bertz CT molecular complexity index is 559. The smallest absolute Gasteiger partial charge is 0.170 e. The highest BCUT2D eigenvalue weighted by molar-refractivity contribution is 8.03. The van der Waals surface area contributed by atoms with Crippen LogP contribution < -0.4 is 10.5 Å². The lowest BCUT2D eigenvalue weighted by atomic mass is 9.98. The summed E-state index contributed by atoms with van der Waals surface area (Å²) in [6.45, 7) is 9.44. The molecular formula is C13H23FN2O3S3. The summed E-state index contributed by atoms with van der Waals surface area (Å²) >= 11 is -0.496. The summed E-state index contributed by atoms with van der Waals surface area (Å²) in [6, 6.07) is 0. The minimum Gasteiger partial charge on any atom is -0.593 e. The van der Waals surface area contributed by atoms with Crippen molar-refractivity contribution in [3.63, 3.8) is 0 Å². The fourth-order valence-corrected chi connectivity index (χ4v) is 5.51. The van der Waals surface area contributed by atoms with Crippen LogP contribution in [0, 0.1) is 0 Å². The van der Waals surface area contributed by atoms with Crippen LogP contribution in [-0.2, 0) is 21.2 Å². The number of hydrogen-bond donors (Lipinski definition) is 2. The molecule has 5 nitrogen and oxygen atoms in total. The Kier molecular flexibility index (Phi) is 6.20. The number of allylic oxidation sites excluding steroid dienone is 2. The van der Waals surface area contributed by atoms with E-state index in [0.717, 1.165) is 0 Å². The van der Waals surface area contributed by atoms with Crippen LogP contribution in [0.3, 0.4) is 0 Å². The highest BCUT2D eigenvalue weighted by atomic mass is 32.2. The summed E-state index contributed by atoms with van der Waals surface area (Å²) in [5.41, 5.74) is 4.46. The maximum atomic E-state index is 14.1. The van der Waals surface area contributed by atoms with Crippen LogP contribution in [0.15, 0.2) is 23.0 Å². The molecule has 0 saturated heterocycles. The number of nitrogens with two attached hydrogens (primary N) is 1. The molecule has 3 N–H and O–H groups in total. The molecule has 128 valence electrons. The zero-order valence-electron chi connectivity index (χ0n) is 13.1.